The largest absolute Gasteiger partial charge is 0.464 e. The van der Waals surface area contributed by atoms with Gasteiger partial charge < -0.3 is 9.73 Å². The summed E-state index contributed by atoms with van der Waals surface area (Å²) in [4.78, 5) is 0. The Morgan fingerprint density at radius 1 is 1.33 bits per heavy atom. The van der Waals surface area contributed by atoms with Gasteiger partial charge in [-0.15, -0.1) is 0 Å². The summed E-state index contributed by atoms with van der Waals surface area (Å²) in [6, 6.07) is 10.3. The molecule has 0 amide bonds. The maximum atomic E-state index is 8.91. The first-order valence-electron chi connectivity index (χ1n) is 6.19. The molecule has 1 N–H and O–H groups in total. The predicted octanol–water partition coefficient (Wildman–Crippen LogP) is 3.11. The highest BCUT2D eigenvalue weighted by molar-refractivity contribution is 5.80. The summed E-state index contributed by atoms with van der Waals surface area (Å²) in [5, 5.41) is 13.4. The zero-order valence-electron chi connectivity index (χ0n) is 10.9. The molecule has 2 aromatic rings. The highest BCUT2D eigenvalue weighted by Crippen LogP contribution is 2.20. The third kappa shape index (κ3) is 2.91. The Labute approximate surface area is 107 Å². The third-order valence-electron chi connectivity index (χ3n) is 3.00. The molecule has 0 fully saturated rings. The maximum absolute atomic E-state index is 8.91. The number of furan rings is 1. The number of rotatable bonds is 5. The van der Waals surface area contributed by atoms with Crippen molar-refractivity contribution < 1.29 is 4.42 Å². The van der Waals surface area contributed by atoms with Crippen LogP contribution < -0.4 is 5.32 Å². The second kappa shape index (κ2) is 5.24. The topological polar surface area (TPSA) is 49.0 Å². The highest BCUT2D eigenvalue weighted by Gasteiger charge is 2.15. The van der Waals surface area contributed by atoms with E-state index in [1.165, 1.54) is 10.9 Å². The number of nitriles is 1. The molecule has 18 heavy (non-hydrogen) atoms. The van der Waals surface area contributed by atoms with E-state index in [2.05, 4.69) is 17.5 Å². The number of hydrogen-bond acceptors (Lipinski definition) is 3. The maximum Gasteiger partial charge on any atom is 0.134 e. The molecule has 0 aliphatic carbocycles. The van der Waals surface area contributed by atoms with Crippen molar-refractivity contribution in [2.24, 2.45) is 5.41 Å². The van der Waals surface area contributed by atoms with Gasteiger partial charge in [-0.05, 0) is 38.4 Å². The summed E-state index contributed by atoms with van der Waals surface area (Å²) in [6.45, 7) is 5.44. The quantitative estimate of drug-likeness (QED) is 0.819. The van der Waals surface area contributed by atoms with E-state index in [1.54, 1.807) is 0 Å². The van der Waals surface area contributed by atoms with Crippen LogP contribution in [0.1, 0.15) is 19.4 Å². The lowest BCUT2D eigenvalue weighted by molar-refractivity contribution is 0.447. The standard InChI is InChI=1S/C15H18N2O/c1-15(2,10-16)11-17-8-7-12-9-18-14-6-4-3-5-13(12)14/h3-6,9,17H,7-8,11H2,1-2H3. The summed E-state index contributed by atoms with van der Waals surface area (Å²) >= 11 is 0. The van der Waals surface area contributed by atoms with Crippen molar-refractivity contribution in [3.8, 4) is 6.07 Å². The number of benzene rings is 1. The molecule has 94 valence electrons. The Bertz CT molecular complexity index is 563. The zero-order valence-corrected chi connectivity index (χ0v) is 10.9. The second-order valence-corrected chi connectivity index (χ2v) is 5.18. The fraction of sp³-hybridized carbons (Fsp3) is 0.400. The van der Waals surface area contributed by atoms with Gasteiger partial charge in [-0.3, -0.25) is 0 Å². The molecule has 0 radical (unpaired) electrons. The number of para-hydroxylation sites is 1. The second-order valence-electron chi connectivity index (χ2n) is 5.18. The van der Waals surface area contributed by atoms with Crippen LogP contribution in [0.3, 0.4) is 0 Å². The first kappa shape index (κ1) is 12.7. The average molecular weight is 242 g/mol. The van der Waals surface area contributed by atoms with Gasteiger partial charge in [0.05, 0.1) is 17.7 Å². The van der Waals surface area contributed by atoms with Gasteiger partial charge in [-0.25, -0.2) is 0 Å². The molecule has 0 aliphatic rings. The summed E-state index contributed by atoms with van der Waals surface area (Å²) in [5.41, 5.74) is 1.84. The molecular formula is C15H18N2O. The summed E-state index contributed by atoms with van der Waals surface area (Å²) in [5.74, 6) is 0. The van der Waals surface area contributed by atoms with Crippen LogP contribution in [0.5, 0.6) is 0 Å². The van der Waals surface area contributed by atoms with Crippen molar-refractivity contribution in [1.29, 1.82) is 5.26 Å². The highest BCUT2D eigenvalue weighted by atomic mass is 16.3. The molecular weight excluding hydrogens is 224 g/mol. The van der Waals surface area contributed by atoms with Crippen molar-refractivity contribution in [1.82, 2.24) is 5.32 Å². The molecule has 0 atom stereocenters. The average Bonchev–Trinajstić information content (AvgIpc) is 2.78. The van der Waals surface area contributed by atoms with Gasteiger partial charge in [0, 0.05) is 11.9 Å². The van der Waals surface area contributed by atoms with E-state index in [9.17, 15) is 0 Å². The van der Waals surface area contributed by atoms with E-state index in [0.717, 1.165) is 18.5 Å². The van der Waals surface area contributed by atoms with Gasteiger partial charge in [0.1, 0.15) is 5.58 Å². The molecule has 3 nitrogen and oxygen atoms in total. The van der Waals surface area contributed by atoms with Crippen LogP contribution in [-0.2, 0) is 6.42 Å². The van der Waals surface area contributed by atoms with Crippen molar-refractivity contribution in [2.45, 2.75) is 20.3 Å². The summed E-state index contributed by atoms with van der Waals surface area (Å²) in [6.07, 6.45) is 2.74. The lowest BCUT2D eigenvalue weighted by Crippen LogP contribution is -2.29. The fourth-order valence-corrected chi connectivity index (χ4v) is 1.89. The number of fused-ring (bicyclic) bond motifs is 1. The van der Waals surface area contributed by atoms with Crippen molar-refractivity contribution in [3.05, 3.63) is 36.1 Å². The molecule has 0 spiro atoms. The van der Waals surface area contributed by atoms with E-state index < -0.39 is 0 Å². The monoisotopic (exact) mass is 242 g/mol. The minimum Gasteiger partial charge on any atom is -0.464 e. The van der Waals surface area contributed by atoms with Gasteiger partial charge >= 0.3 is 0 Å². The Morgan fingerprint density at radius 3 is 2.89 bits per heavy atom. The van der Waals surface area contributed by atoms with Crippen LogP contribution in [0.4, 0.5) is 0 Å². The van der Waals surface area contributed by atoms with Crippen LogP contribution >= 0.6 is 0 Å². The lowest BCUT2D eigenvalue weighted by Gasteiger charge is -2.15. The van der Waals surface area contributed by atoms with Crippen LogP contribution in [0.2, 0.25) is 0 Å². The lowest BCUT2D eigenvalue weighted by atomic mass is 9.96. The van der Waals surface area contributed by atoms with Gasteiger partial charge in [0.15, 0.2) is 0 Å². The molecule has 1 aromatic carbocycles. The smallest absolute Gasteiger partial charge is 0.134 e. The third-order valence-corrected chi connectivity index (χ3v) is 3.00. The summed E-state index contributed by atoms with van der Waals surface area (Å²) in [7, 11) is 0. The van der Waals surface area contributed by atoms with Crippen molar-refractivity contribution >= 4 is 11.0 Å². The molecule has 2 rings (SSSR count). The molecule has 0 saturated heterocycles. The zero-order chi connectivity index (χ0) is 13.0. The Balaban J connectivity index is 1.90. The van der Waals surface area contributed by atoms with E-state index in [4.69, 9.17) is 9.68 Å². The van der Waals surface area contributed by atoms with Crippen molar-refractivity contribution in [3.63, 3.8) is 0 Å². The van der Waals surface area contributed by atoms with E-state index in [-0.39, 0.29) is 5.41 Å². The summed E-state index contributed by atoms with van der Waals surface area (Å²) < 4.78 is 5.49. The Hall–Kier alpha value is -1.79. The molecule has 0 bridgehead atoms. The molecule has 3 heteroatoms. The fourth-order valence-electron chi connectivity index (χ4n) is 1.89. The molecule has 1 aromatic heterocycles. The van der Waals surface area contributed by atoms with Gasteiger partial charge in [0.2, 0.25) is 0 Å². The van der Waals surface area contributed by atoms with Crippen LogP contribution in [0.15, 0.2) is 34.9 Å². The van der Waals surface area contributed by atoms with Gasteiger partial charge in [0.25, 0.3) is 0 Å². The number of nitrogens with one attached hydrogen (secondary N) is 1. The van der Waals surface area contributed by atoms with E-state index in [1.807, 2.05) is 38.3 Å². The first-order chi connectivity index (χ1) is 8.62. The molecule has 0 aliphatic heterocycles. The molecule has 0 unspecified atom stereocenters. The van der Waals surface area contributed by atoms with Gasteiger partial charge in [-0.2, -0.15) is 5.26 Å². The van der Waals surface area contributed by atoms with Crippen molar-refractivity contribution in [2.75, 3.05) is 13.1 Å². The molecule has 1 heterocycles. The van der Waals surface area contributed by atoms with E-state index in [0.29, 0.717) is 6.54 Å². The van der Waals surface area contributed by atoms with Crippen LogP contribution in [-0.4, -0.2) is 13.1 Å². The van der Waals surface area contributed by atoms with Crippen LogP contribution in [0, 0.1) is 16.7 Å². The van der Waals surface area contributed by atoms with Gasteiger partial charge in [-0.1, -0.05) is 18.2 Å². The van der Waals surface area contributed by atoms with E-state index >= 15 is 0 Å². The first-order valence-corrected chi connectivity index (χ1v) is 6.19. The van der Waals surface area contributed by atoms with Crippen LogP contribution in [0.25, 0.3) is 11.0 Å². The SMILES string of the molecule is CC(C)(C#N)CNCCc1coc2ccccc12. The Morgan fingerprint density at radius 2 is 2.11 bits per heavy atom. The minimum absolute atomic E-state index is 0.307. The number of hydrogen-bond donors (Lipinski definition) is 1. The number of nitrogens with zero attached hydrogens (tertiary/aromatic N) is 1. The molecule has 0 saturated carbocycles. The minimum atomic E-state index is -0.307. The Kier molecular flexibility index (Phi) is 3.69. The predicted molar refractivity (Wildman–Crippen MR) is 72.2 cm³/mol. The normalized spacial score (nSPS) is 11.6.